The average Bonchev–Trinajstić information content (AvgIpc) is 3.18. The van der Waals surface area contributed by atoms with Crippen molar-refractivity contribution in [1.29, 1.82) is 0 Å². The molecule has 0 amide bonds. The lowest BCUT2D eigenvalue weighted by Crippen LogP contribution is -2.53. The number of aromatic amines is 1. The highest BCUT2D eigenvalue weighted by molar-refractivity contribution is 5.56. The van der Waals surface area contributed by atoms with Gasteiger partial charge in [0.25, 0.3) is 0 Å². The van der Waals surface area contributed by atoms with Crippen LogP contribution in [0.15, 0.2) is 48.5 Å². The van der Waals surface area contributed by atoms with Crippen molar-refractivity contribution in [3.05, 3.63) is 71.0 Å². The van der Waals surface area contributed by atoms with Gasteiger partial charge in [-0.25, -0.2) is 4.98 Å². The molecule has 3 N–H and O–H groups in total. The van der Waals surface area contributed by atoms with Crippen LogP contribution in [0.4, 0.5) is 18.9 Å². The SMILES string of the molecule is Cc1[nH]c(-c2ccc(C(F)(F)F)cc2)nc1CC1(NCc2ccc(N(C)C)cc2)CCNCC1. The summed E-state index contributed by atoms with van der Waals surface area (Å²) in [6.07, 6.45) is -1.63. The van der Waals surface area contributed by atoms with Crippen LogP contribution in [0.5, 0.6) is 0 Å². The summed E-state index contributed by atoms with van der Waals surface area (Å²) < 4.78 is 38.7. The number of benzene rings is 2. The predicted molar refractivity (Wildman–Crippen MR) is 130 cm³/mol. The van der Waals surface area contributed by atoms with Gasteiger partial charge in [0.15, 0.2) is 0 Å². The van der Waals surface area contributed by atoms with E-state index in [4.69, 9.17) is 4.98 Å². The topological polar surface area (TPSA) is 56.0 Å². The normalized spacial score (nSPS) is 15.9. The van der Waals surface area contributed by atoms with Crippen LogP contribution < -0.4 is 15.5 Å². The predicted octanol–water partition coefficient (Wildman–Crippen LogP) is 4.92. The maximum absolute atomic E-state index is 12.9. The first-order valence-electron chi connectivity index (χ1n) is 11.6. The Hall–Kier alpha value is -2.84. The Bertz CT molecular complexity index is 1080. The van der Waals surface area contributed by atoms with Crippen LogP contribution in [0, 0.1) is 6.92 Å². The van der Waals surface area contributed by atoms with Crippen molar-refractivity contribution in [3.8, 4) is 11.4 Å². The van der Waals surface area contributed by atoms with E-state index in [-0.39, 0.29) is 5.54 Å². The van der Waals surface area contributed by atoms with Crippen molar-refractivity contribution in [2.24, 2.45) is 0 Å². The lowest BCUT2D eigenvalue weighted by molar-refractivity contribution is -0.137. The molecule has 0 bridgehead atoms. The lowest BCUT2D eigenvalue weighted by atomic mass is 9.83. The fourth-order valence-corrected chi connectivity index (χ4v) is 4.47. The monoisotopic (exact) mass is 471 g/mol. The molecule has 182 valence electrons. The van der Waals surface area contributed by atoms with Gasteiger partial charge in [-0.3, -0.25) is 0 Å². The molecule has 1 aliphatic rings. The number of piperidine rings is 1. The molecular formula is C26H32F3N5. The summed E-state index contributed by atoms with van der Waals surface area (Å²) in [5, 5.41) is 7.26. The van der Waals surface area contributed by atoms with Crippen molar-refractivity contribution in [2.75, 3.05) is 32.1 Å². The molecule has 0 atom stereocenters. The summed E-state index contributed by atoms with van der Waals surface area (Å²) >= 11 is 0. The third kappa shape index (κ3) is 5.62. The molecule has 0 saturated carbocycles. The van der Waals surface area contributed by atoms with Gasteiger partial charge >= 0.3 is 6.18 Å². The van der Waals surface area contributed by atoms with Crippen molar-refractivity contribution in [2.45, 2.75) is 44.4 Å². The number of H-pyrrole nitrogens is 1. The molecule has 2 heterocycles. The summed E-state index contributed by atoms with van der Waals surface area (Å²) in [7, 11) is 4.06. The Kier molecular flexibility index (Phi) is 7.00. The number of alkyl halides is 3. The minimum Gasteiger partial charge on any atom is -0.378 e. The van der Waals surface area contributed by atoms with E-state index in [0.29, 0.717) is 11.4 Å². The smallest absolute Gasteiger partial charge is 0.378 e. The summed E-state index contributed by atoms with van der Waals surface area (Å²) in [5.41, 5.74) is 4.20. The molecule has 8 heteroatoms. The first kappa shape index (κ1) is 24.3. The molecule has 2 aromatic carbocycles. The molecular weight excluding hydrogens is 439 g/mol. The standard InChI is InChI=1S/C26H32F3N5/c1-18-23(33-24(32-18)20-6-8-21(9-7-20)26(27,28)29)16-25(12-14-30-15-13-25)31-17-19-4-10-22(11-5-19)34(2)3/h4-11,30-31H,12-17H2,1-3H3,(H,32,33). The minimum absolute atomic E-state index is 0.0944. The van der Waals surface area contributed by atoms with E-state index in [1.54, 1.807) is 0 Å². The molecule has 5 nitrogen and oxygen atoms in total. The summed E-state index contributed by atoms with van der Waals surface area (Å²) in [4.78, 5) is 10.2. The number of hydrogen-bond acceptors (Lipinski definition) is 4. The quantitative estimate of drug-likeness (QED) is 0.458. The van der Waals surface area contributed by atoms with Crippen molar-refractivity contribution in [3.63, 3.8) is 0 Å². The van der Waals surface area contributed by atoms with Crippen LogP contribution in [0.1, 0.15) is 35.4 Å². The molecule has 3 aromatic rings. The van der Waals surface area contributed by atoms with Gasteiger partial charge in [-0.15, -0.1) is 0 Å². The van der Waals surface area contributed by atoms with Crippen molar-refractivity contribution in [1.82, 2.24) is 20.6 Å². The second kappa shape index (κ2) is 9.80. The number of hydrogen-bond donors (Lipinski definition) is 3. The molecule has 4 rings (SSSR count). The van der Waals surface area contributed by atoms with Gasteiger partial charge in [0.1, 0.15) is 5.82 Å². The molecule has 1 aromatic heterocycles. The Morgan fingerprint density at radius 1 is 1.00 bits per heavy atom. The first-order chi connectivity index (χ1) is 16.2. The van der Waals surface area contributed by atoms with E-state index in [2.05, 4.69) is 44.8 Å². The van der Waals surface area contributed by atoms with Gasteiger partial charge in [-0.1, -0.05) is 24.3 Å². The van der Waals surface area contributed by atoms with E-state index >= 15 is 0 Å². The second-order valence-corrected chi connectivity index (χ2v) is 9.35. The van der Waals surface area contributed by atoms with Crippen molar-refractivity contribution < 1.29 is 13.2 Å². The number of imidazole rings is 1. The minimum atomic E-state index is -4.34. The Morgan fingerprint density at radius 2 is 1.65 bits per heavy atom. The highest BCUT2D eigenvalue weighted by Crippen LogP contribution is 2.31. The Morgan fingerprint density at radius 3 is 2.24 bits per heavy atom. The number of aromatic nitrogens is 2. The number of anilines is 1. The molecule has 1 fully saturated rings. The first-order valence-corrected chi connectivity index (χ1v) is 11.6. The Labute approximate surface area is 198 Å². The second-order valence-electron chi connectivity index (χ2n) is 9.35. The maximum atomic E-state index is 12.9. The van der Waals surface area contributed by atoms with E-state index < -0.39 is 11.7 Å². The fourth-order valence-electron chi connectivity index (χ4n) is 4.47. The van der Waals surface area contributed by atoms with Gasteiger partial charge in [0, 0.05) is 49.5 Å². The number of nitrogens with zero attached hydrogens (tertiary/aromatic N) is 2. The van der Waals surface area contributed by atoms with Crippen LogP contribution in [-0.2, 0) is 19.1 Å². The van der Waals surface area contributed by atoms with E-state index in [1.807, 2.05) is 21.0 Å². The molecule has 0 aliphatic carbocycles. The van der Waals surface area contributed by atoms with Gasteiger partial charge in [0.05, 0.1) is 11.3 Å². The zero-order chi connectivity index (χ0) is 24.3. The molecule has 0 radical (unpaired) electrons. The number of aryl methyl sites for hydroxylation is 1. The van der Waals surface area contributed by atoms with Crippen LogP contribution in [-0.4, -0.2) is 42.7 Å². The van der Waals surface area contributed by atoms with Gasteiger partial charge < -0.3 is 20.5 Å². The van der Waals surface area contributed by atoms with Crippen LogP contribution in [0.25, 0.3) is 11.4 Å². The molecule has 1 aliphatic heterocycles. The highest BCUT2D eigenvalue weighted by atomic mass is 19.4. The molecule has 0 unspecified atom stereocenters. The van der Waals surface area contributed by atoms with E-state index in [0.717, 1.165) is 62.4 Å². The molecule has 0 spiro atoms. The summed E-state index contributed by atoms with van der Waals surface area (Å²) in [5.74, 6) is 0.601. The molecule has 34 heavy (non-hydrogen) atoms. The third-order valence-corrected chi connectivity index (χ3v) is 6.66. The van der Waals surface area contributed by atoms with Crippen LogP contribution in [0.3, 0.4) is 0 Å². The number of halogens is 3. The zero-order valence-electron chi connectivity index (χ0n) is 19.9. The highest BCUT2D eigenvalue weighted by Gasteiger charge is 2.33. The molecule has 1 saturated heterocycles. The van der Waals surface area contributed by atoms with Crippen LogP contribution in [0.2, 0.25) is 0 Å². The van der Waals surface area contributed by atoms with Crippen LogP contribution >= 0.6 is 0 Å². The summed E-state index contributed by atoms with van der Waals surface area (Å²) in [6, 6.07) is 13.7. The maximum Gasteiger partial charge on any atom is 0.416 e. The third-order valence-electron chi connectivity index (χ3n) is 6.66. The van der Waals surface area contributed by atoms with E-state index in [1.165, 1.54) is 23.4 Å². The van der Waals surface area contributed by atoms with Gasteiger partial charge in [-0.2, -0.15) is 13.2 Å². The number of nitrogens with one attached hydrogen (secondary N) is 3. The average molecular weight is 472 g/mol. The number of rotatable bonds is 7. The largest absolute Gasteiger partial charge is 0.416 e. The van der Waals surface area contributed by atoms with E-state index in [9.17, 15) is 13.2 Å². The summed E-state index contributed by atoms with van der Waals surface area (Å²) in [6.45, 7) is 4.61. The lowest BCUT2D eigenvalue weighted by Gasteiger charge is -2.38. The van der Waals surface area contributed by atoms with Gasteiger partial charge in [0.2, 0.25) is 0 Å². The fraction of sp³-hybridized carbons (Fsp3) is 0.423. The van der Waals surface area contributed by atoms with Gasteiger partial charge in [-0.05, 0) is 62.7 Å². The zero-order valence-corrected chi connectivity index (χ0v) is 19.9. The van der Waals surface area contributed by atoms with Crippen molar-refractivity contribution >= 4 is 5.69 Å². The Balaban J connectivity index is 1.50.